The summed E-state index contributed by atoms with van der Waals surface area (Å²) in [5.74, 6) is 1.06. The van der Waals surface area contributed by atoms with Gasteiger partial charge in [0.2, 0.25) is 0 Å². The van der Waals surface area contributed by atoms with E-state index in [1.54, 1.807) is 0 Å². The smallest absolute Gasteiger partial charge is 0.0373 e. The lowest BCUT2D eigenvalue weighted by Gasteiger charge is -2.42. The predicted molar refractivity (Wildman–Crippen MR) is 68.7 cm³/mol. The molecule has 2 fully saturated rings. The third-order valence-electron chi connectivity index (χ3n) is 4.32. The van der Waals surface area contributed by atoms with Crippen LogP contribution in [0.1, 0.15) is 25.7 Å². The van der Waals surface area contributed by atoms with Gasteiger partial charge in [-0.1, -0.05) is 12.8 Å². The van der Waals surface area contributed by atoms with Crippen LogP contribution in [0.2, 0.25) is 0 Å². The summed E-state index contributed by atoms with van der Waals surface area (Å²) in [6.45, 7) is 3.64. The van der Waals surface area contributed by atoms with Gasteiger partial charge in [0.15, 0.2) is 0 Å². The predicted octanol–water partition coefficient (Wildman–Crippen LogP) is 1.01. The maximum Gasteiger partial charge on any atom is 0.0373 e. The molecule has 3 nitrogen and oxygen atoms in total. The first-order valence-electron chi connectivity index (χ1n) is 6.76. The van der Waals surface area contributed by atoms with Crippen molar-refractivity contribution in [2.45, 2.75) is 37.8 Å². The summed E-state index contributed by atoms with van der Waals surface area (Å²) in [5, 5.41) is 3.54. The molecule has 2 aliphatic rings. The summed E-state index contributed by atoms with van der Waals surface area (Å²) in [7, 11) is 6.65. The van der Waals surface area contributed by atoms with Crippen LogP contribution in [0.5, 0.6) is 0 Å². The summed E-state index contributed by atoms with van der Waals surface area (Å²) < 4.78 is 0. The van der Waals surface area contributed by atoms with Crippen molar-refractivity contribution in [3.8, 4) is 0 Å². The molecule has 3 heteroatoms. The molecule has 1 aliphatic carbocycles. The average molecular weight is 225 g/mol. The molecule has 0 spiro atoms. The Morgan fingerprint density at radius 2 is 2.00 bits per heavy atom. The molecular formula is C13H27N3. The van der Waals surface area contributed by atoms with Gasteiger partial charge in [0.25, 0.3) is 0 Å². The Hall–Kier alpha value is -0.120. The van der Waals surface area contributed by atoms with Crippen LogP contribution in [0.4, 0.5) is 0 Å². The molecule has 1 saturated heterocycles. The number of piperazine rings is 1. The number of nitrogens with one attached hydrogen (secondary N) is 1. The Morgan fingerprint density at radius 3 is 2.62 bits per heavy atom. The second kappa shape index (κ2) is 5.48. The van der Waals surface area contributed by atoms with Crippen LogP contribution < -0.4 is 5.32 Å². The average Bonchev–Trinajstić information content (AvgIpc) is 3.07. The van der Waals surface area contributed by atoms with E-state index in [1.807, 2.05) is 0 Å². The molecule has 1 aliphatic heterocycles. The van der Waals surface area contributed by atoms with Crippen molar-refractivity contribution in [1.29, 1.82) is 0 Å². The fourth-order valence-corrected chi connectivity index (χ4v) is 2.83. The Morgan fingerprint density at radius 1 is 1.25 bits per heavy atom. The van der Waals surface area contributed by atoms with Gasteiger partial charge >= 0.3 is 0 Å². The van der Waals surface area contributed by atoms with Gasteiger partial charge < -0.3 is 10.2 Å². The molecule has 0 bridgehead atoms. The van der Waals surface area contributed by atoms with Gasteiger partial charge in [-0.15, -0.1) is 0 Å². The number of hydrogen-bond acceptors (Lipinski definition) is 3. The van der Waals surface area contributed by atoms with Crippen LogP contribution in [0.15, 0.2) is 0 Å². The third-order valence-corrected chi connectivity index (χ3v) is 4.32. The molecule has 2 atom stereocenters. The van der Waals surface area contributed by atoms with Crippen molar-refractivity contribution in [1.82, 2.24) is 15.1 Å². The summed E-state index contributed by atoms with van der Waals surface area (Å²) in [4.78, 5) is 5.00. The van der Waals surface area contributed by atoms with E-state index in [9.17, 15) is 0 Å². The third kappa shape index (κ3) is 3.19. The largest absolute Gasteiger partial charge is 0.315 e. The lowest BCUT2D eigenvalue weighted by Crippen LogP contribution is -2.58. The fourth-order valence-electron chi connectivity index (χ4n) is 2.83. The Bertz CT molecular complexity index is 215. The van der Waals surface area contributed by atoms with Gasteiger partial charge in [-0.2, -0.15) is 0 Å². The van der Waals surface area contributed by atoms with Gasteiger partial charge in [-0.05, 0) is 39.9 Å². The zero-order chi connectivity index (χ0) is 11.5. The lowest BCUT2D eigenvalue weighted by molar-refractivity contribution is 0.0864. The lowest BCUT2D eigenvalue weighted by atomic mass is 9.98. The SMILES string of the molecule is CNC(CCC1CC1)C1CN(C)CCN1C. The Balaban J connectivity index is 1.84. The topological polar surface area (TPSA) is 18.5 Å². The van der Waals surface area contributed by atoms with Crippen LogP contribution in [-0.2, 0) is 0 Å². The van der Waals surface area contributed by atoms with E-state index in [-0.39, 0.29) is 0 Å². The van der Waals surface area contributed by atoms with E-state index in [0.717, 1.165) is 5.92 Å². The maximum absolute atomic E-state index is 3.54. The Labute approximate surface area is 100 Å². The molecule has 0 aromatic heterocycles. The molecule has 1 heterocycles. The van der Waals surface area contributed by atoms with E-state index < -0.39 is 0 Å². The minimum atomic E-state index is 0.674. The normalized spacial score (nSPS) is 30.6. The van der Waals surface area contributed by atoms with Gasteiger partial charge in [-0.25, -0.2) is 0 Å². The minimum Gasteiger partial charge on any atom is -0.315 e. The summed E-state index contributed by atoms with van der Waals surface area (Å²) >= 11 is 0. The molecule has 16 heavy (non-hydrogen) atoms. The highest BCUT2D eigenvalue weighted by Gasteiger charge is 2.30. The minimum absolute atomic E-state index is 0.674. The summed E-state index contributed by atoms with van der Waals surface area (Å²) in [5.41, 5.74) is 0. The van der Waals surface area contributed by atoms with Crippen molar-refractivity contribution in [3.63, 3.8) is 0 Å². The highest BCUT2D eigenvalue weighted by atomic mass is 15.3. The van der Waals surface area contributed by atoms with Crippen molar-refractivity contribution < 1.29 is 0 Å². The van der Waals surface area contributed by atoms with Gasteiger partial charge in [-0.3, -0.25) is 4.90 Å². The monoisotopic (exact) mass is 225 g/mol. The molecule has 0 aromatic rings. The van der Waals surface area contributed by atoms with Crippen molar-refractivity contribution in [2.75, 3.05) is 40.8 Å². The summed E-state index contributed by atoms with van der Waals surface area (Å²) in [6, 6.07) is 1.37. The highest BCUT2D eigenvalue weighted by Crippen LogP contribution is 2.34. The van der Waals surface area contributed by atoms with E-state index in [2.05, 4.69) is 36.3 Å². The zero-order valence-electron chi connectivity index (χ0n) is 11.1. The molecular weight excluding hydrogens is 198 g/mol. The summed E-state index contributed by atoms with van der Waals surface area (Å²) in [6.07, 6.45) is 5.75. The molecule has 0 amide bonds. The second-order valence-electron chi connectivity index (χ2n) is 5.73. The van der Waals surface area contributed by atoms with Crippen molar-refractivity contribution in [2.24, 2.45) is 5.92 Å². The van der Waals surface area contributed by atoms with Crippen LogP contribution in [-0.4, -0.2) is 62.7 Å². The Kier molecular flexibility index (Phi) is 4.22. The molecule has 2 unspecified atom stereocenters. The molecule has 94 valence electrons. The maximum atomic E-state index is 3.54. The number of rotatable bonds is 5. The first-order chi connectivity index (χ1) is 7.70. The quantitative estimate of drug-likeness (QED) is 0.753. The van der Waals surface area contributed by atoms with Crippen molar-refractivity contribution in [3.05, 3.63) is 0 Å². The number of hydrogen-bond donors (Lipinski definition) is 1. The molecule has 0 aromatic carbocycles. The second-order valence-corrected chi connectivity index (χ2v) is 5.73. The van der Waals surface area contributed by atoms with Crippen molar-refractivity contribution >= 4 is 0 Å². The van der Waals surface area contributed by atoms with Crippen LogP contribution >= 0.6 is 0 Å². The number of nitrogens with zero attached hydrogens (tertiary/aromatic N) is 2. The van der Waals surface area contributed by atoms with Gasteiger partial charge in [0.1, 0.15) is 0 Å². The fraction of sp³-hybridized carbons (Fsp3) is 1.00. The van der Waals surface area contributed by atoms with E-state index >= 15 is 0 Å². The first-order valence-corrected chi connectivity index (χ1v) is 6.76. The molecule has 1 N–H and O–H groups in total. The standard InChI is InChI=1S/C13H27N3/c1-14-12(7-6-11-4-5-11)13-10-15(2)8-9-16(13)3/h11-14H,4-10H2,1-3H3. The van der Waals surface area contributed by atoms with Crippen LogP contribution in [0.3, 0.4) is 0 Å². The van der Waals surface area contributed by atoms with Crippen LogP contribution in [0, 0.1) is 5.92 Å². The van der Waals surface area contributed by atoms with E-state index in [4.69, 9.17) is 0 Å². The number of likely N-dealkylation sites (N-methyl/N-ethyl adjacent to an activating group) is 3. The van der Waals surface area contributed by atoms with Gasteiger partial charge in [0, 0.05) is 31.7 Å². The van der Waals surface area contributed by atoms with E-state index in [0.29, 0.717) is 12.1 Å². The molecule has 2 rings (SSSR count). The highest BCUT2D eigenvalue weighted by molar-refractivity contribution is 4.89. The van der Waals surface area contributed by atoms with Crippen LogP contribution in [0.25, 0.3) is 0 Å². The zero-order valence-corrected chi connectivity index (χ0v) is 11.1. The van der Waals surface area contributed by atoms with E-state index in [1.165, 1.54) is 45.3 Å². The first kappa shape index (κ1) is 12.3. The molecule has 0 radical (unpaired) electrons. The van der Waals surface area contributed by atoms with Gasteiger partial charge in [0.05, 0.1) is 0 Å². The molecule has 1 saturated carbocycles.